The minimum atomic E-state index is -0.308. The van der Waals surface area contributed by atoms with Crippen LogP contribution in [-0.4, -0.2) is 42.1 Å². The van der Waals surface area contributed by atoms with Crippen molar-refractivity contribution in [2.75, 3.05) is 41.8 Å². The normalized spacial score (nSPS) is 14.7. The van der Waals surface area contributed by atoms with Crippen LogP contribution >= 0.6 is 0 Å². The third kappa shape index (κ3) is 3.56. The van der Waals surface area contributed by atoms with Gasteiger partial charge in [-0.25, -0.2) is 4.79 Å². The number of aromatic nitrogens is 2. The fourth-order valence-corrected chi connectivity index (χ4v) is 2.36. The molecular weight excluding hydrogens is 282 g/mol. The van der Waals surface area contributed by atoms with Crippen LogP contribution in [-0.2, 0) is 11.8 Å². The highest BCUT2D eigenvalue weighted by atomic mass is 16.5. The van der Waals surface area contributed by atoms with Crippen molar-refractivity contribution in [3.8, 4) is 0 Å². The molecule has 7 heteroatoms. The van der Waals surface area contributed by atoms with Gasteiger partial charge in [-0.2, -0.15) is 5.10 Å². The van der Waals surface area contributed by atoms with E-state index in [0.29, 0.717) is 5.82 Å². The van der Waals surface area contributed by atoms with Gasteiger partial charge in [0.15, 0.2) is 5.82 Å². The Morgan fingerprint density at radius 1 is 1.23 bits per heavy atom. The fourth-order valence-electron chi connectivity index (χ4n) is 2.36. The van der Waals surface area contributed by atoms with Gasteiger partial charge < -0.3 is 15.0 Å². The molecule has 2 heterocycles. The molecule has 3 rings (SSSR count). The zero-order chi connectivity index (χ0) is 15.4. The van der Waals surface area contributed by atoms with Crippen LogP contribution in [0.4, 0.5) is 22.0 Å². The first kappa shape index (κ1) is 14.4. The van der Waals surface area contributed by atoms with Gasteiger partial charge in [0.1, 0.15) is 0 Å². The van der Waals surface area contributed by atoms with Gasteiger partial charge in [0.25, 0.3) is 0 Å². The Labute approximate surface area is 128 Å². The summed E-state index contributed by atoms with van der Waals surface area (Å²) in [6, 6.07) is 9.22. The number of aryl methyl sites for hydroxylation is 1. The maximum atomic E-state index is 12.0. The summed E-state index contributed by atoms with van der Waals surface area (Å²) in [5, 5.41) is 9.62. The first-order valence-electron chi connectivity index (χ1n) is 7.21. The Morgan fingerprint density at radius 3 is 2.77 bits per heavy atom. The number of urea groups is 1. The second-order valence-corrected chi connectivity index (χ2v) is 5.10. The molecule has 1 saturated heterocycles. The summed E-state index contributed by atoms with van der Waals surface area (Å²) < 4.78 is 6.99. The summed E-state index contributed by atoms with van der Waals surface area (Å²) in [7, 11) is 1.80. The van der Waals surface area contributed by atoms with Gasteiger partial charge in [-0.15, -0.1) is 0 Å². The van der Waals surface area contributed by atoms with Crippen molar-refractivity contribution in [2.24, 2.45) is 7.05 Å². The molecular formula is C15H19N5O2. The maximum Gasteiger partial charge on any atom is 0.324 e. The summed E-state index contributed by atoms with van der Waals surface area (Å²) in [6.07, 6.45) is 1.77. The third-order valence-electron chi connectivity index (χ3n) is 3.44. The number of hydrogen-bond donors (Lipinski definition) is 2. The molecule has 1 fully saturated rings. The number of benzene rings is 1. The monoisotopic (exact) mass is 301 g/mol. The van der Waals surface area contributed by atoms with Crippen molar-refractivity contribution in [3.63, 3.8) is 0 Å². The van der Waals surface area contributed by atoms with Crippen LogP contribution in [0.3, 0.4) is 0 Å². The number of carbonyl (C=O) groups excluding carboxylic acids is 1. The fraction of sp³-hybridized carbons (Fsp3) is 0.333. The van der Waals surface area contributed by atoms with E-state index in [2.05, 4.69) is 20.6 Å². The van der Waals surface area contributed by atoms with Crippen LogP contribution in [0.25, 0.3) is 0 Å². The van der Waals surface area contributed by atoms with E-state index in [9.17, 15) is 4.79 Å². The van der Waals surface area contributed by atoms with Crippen molar-refractivity contribution < 1.29 is 9.53 Å². The van der Waals surface area contributed by atoms with E-state index in [1.807, 2.05) is 24.3 Å². The summed E-state index contributed by atoms with van der Waals surface area (Å²) in [6.45, 7) is 3.20. The molecule has 0 aliphatic carbocycles. The Bertz CT molecular complexity index is 649. The quantitative estimate of drug-likeness (QED) is 0.908. The average molecular weight is 301 g/mol. The summed E-state index contributed by atoms with van der Waals surface area (Å²) >= 11 is 0. The number of carbonyl (C=O) groups is 1. The van der Waals surface area contributed by atoms with E-state index >= 15 is 0 Å². The van der Waals surface area contributed by atoms with Gasteiger partial charge in [-0.1, -0.05) is 6.07 Å². The van der Waals surface area contributed by atoms with Crippen molar-refractivity contribution >= 4 is 23.2 Å². The predicted octanol–water partition coefficient (Wildman–Crippen LogP) is 1.90. The van der Waals surface area contributed by atoms with E-state index < -0.39 is 0 Å². The van der Waals surface area contributed by atoms with Crippen LogP contribution in [0.15, 0.2) is 36.5 Å². The lowest BCUT2D eigenvalue weighted by Crippen LogP contribution is -2.36. The molecule has 2 N–H and O–H groups in total. The topological polar surface area (TPSA) is 71.4 Å². The Balaban J connectivity index is 1.63. The Hall–Kier alpha value is -2.54. The van der Waals surface area contributed by atoms with Crippen molar-refractivity contribution in [3.05, 3.63) is 36.5 Å². The number of rotatable bonds is 3. The van der Waals surface area contributed by atoms with Gasteiger partial charge in [-0.05, 0) is 18.2 Å². The van der Waals surface area contributed by atoms with E-state index in [4.69, 9.17) is 4.74 Å². The van der Waals surface area contributed by atoms with Crippen LogP contribution in [0.5, 0.6) is 0 Å². The number of morpholine rings is 1. The molecule has 22 heavy (non-hydrogen) atoms. The molecule has 0 bridgehead atoms. The minimum absolute atomic E-state index is 0.308. The Morgan fingerprint density at radius 2 is 2.05 bits per heavy atom. The molecule has 1 aliphatic heterocycles. The summed E-state index contributed by atoms with van der Waals surface area (Å²) in [5.74, 6) is 0.518. The number of ether oxygens (including phenoxy) is 1. The third-order valence-corrected chi connectivity index (χ3v) is 3.44. The van der Waals surface area contributed by atoms with Crippen LogP contribution < -0.4 is 15.5 Å². The van der Waals surface area contributed by atoms with Crippen molar-refractivity contribution in [1.82, 2.24) is 9.78 Å². The Kier molecular flexibility index (Phi) is 4.24. The van der Waals surface area contributed by atoms with Gasteiger partial charge in [0, 0.05) is 43.8 Å². The highest BCUT2D eigenvalue weighted by Gasteiger charge is 2.12. The number of anilines is 3. The standard InChI is InChI=1S/C15H19N5O2/c1-19-6-5-14(18-19)17-15(21)16-12-3-2-4-13(11-12)20-7-9-22-10-8-20/h2-6,11H,7-10H2,1H3,(H2,16,17,18,21). The largest absolute Gasteiger partial charge is 0.378 e. The lowest BCUT2D eigenvalue weighted by molar-refractivity contribution is 0.122. The average Bonchev–Trinajstić information content (AvgIpc) is 2.93. The molecule has 0 atom stereocenters. The van der Waals surface area contributed by atoms with Crippen LogP contribution in [0, 0.1) is 0 Å². The molecule has 0 unspecified atom stereocenters. The SMILES string of the molecule is Cn1ccc(NC(=O)Nc2cccc(N3CCOCC3)c2)n1. The number of nitrogens with zero attached hydrogens (tertiary/aromatic N) is 3. The first-order valence-corrected chi connectivity index (χ1v) is 7.21. The molecule has 0 spiro atoms. The highest BCUT2D eigenvalue weighted by molar-refractivity contribution is 5.99. The van der Waals surface area contributed by atoms with Crippen molar-refractivity contribution in [2.45, 2.75) is 0 Å². The predicted molar refractivity (Wildman–Crippen MR) is 85.3 cm³/mol. The summed E-state index contributed by atoms with van der Waals surface area (Å²) in [4.78, 5) is 14.2. The molecule has 7 nitrogen and oxygen atoms in total. The molecule has 1 aromatic carbocycles. The molecule has 2 aromatic rings. The zero-order valence-corrected chi connectivity index (χ0v) is 12.5. The van der Waals surface area contributed by atoms with Gasteiger partial charge >= 0.3 is 6.03 Å². The molecule has 2 amide bonds. The van der Waals surface area contributed by atoms with E-state index in [0.717, 1.165) is 37.7 Å². The smallest absolute Gasteiger partial charge is 0.324 e. The molecule has 0 saturated carbocycles. The van der Waals surface area contributed by atoms with Gasteiger partial charge in [0.2, 0.25) is 0 Å². The second kappa shape index (κ2) is 6.48. The number of nitrogens with one attached hydrogen (secondary N) is 2. The number of hydrogen-bond acceptors (Lipinski definition) is 4. The highest BCUT2D eigenvalue weighted by Crippen LogP contribution is 2.20. The molecule has 116 valence electrons. The summed E-state index contributed by atoms with van der Waals surface area (Å²) in [5.41, 5.74) is 1.83. The van der Waals surface area contributed by atoms with Crippen molar-refractivity contribution in [1.29, 1.82) is 0 Å². The zero-order valence-electron chi connectivity index (χ0n) is 12.5. The lowest BCUT2D eigenvalue weighted by Gasteiger charge is -2.29. The van der Waals surface area contributed by atoms with Gasteiger partial charge in [0.05, 0.1) is 13.2 Å². The lowest BCUT2D eigenvalue weighted by atomic mass is 10.2. The minimum Gasteiger partial charge on any atom is -0.378 e. The van der Waals surface area contributed by atoms with E-state index in [1.165, 1.54) is 0 Å². The van der Waals surface area contributed by atoms with Crippen LogP contribution in [0.1, 0.15) is 0 Å². The van der Waals surface area contributed by atoms with E-state index in [1.54, 1.807) is 24.0 Å². The van der Waals surface area contributed by atoms with Crippen LogP contribution in [0.2, 0.25) is 0 Å². The molecule has 1 aromatic heterocycles. The number of amides is 2. The second-order valence-electron chi connectivity index (χ2n) is 5.10. The molecule has 0 radical (unpaired) electrons. The van der Waals surface area contributed by atoms with Gasteiger partial charge in [-0.3, -0.25) is 10.00 Å². The maximum absolute atomic E-state index is 12.0. The molecule has 1 aliphatic rings. The van der Waals surface area contributed by atoms with E-state index in [-0.39, 0.29) is 6.03 Å². The first-order chi connectivity index (χ1) is 10.7.